The van der Waals surface area contributed by atoms with Crippen LogP contribution in [0.5, 0.6) is 0 Å². The van der Waals surface area contributed by atoms with Crippen molar-refractivity contribution in [2.75, 3.05) is 26.3 Å². The summed E-state index contributed by atoms with van der Waals surface area (Å²) in [5.41, 5.74) is 0. The van der Waals surface area contributed by atoms with Crippen LogP contribution in [-0.4, -0.2) is 26.3 Å². The van der Waals surface area contributed by atoms with Crippen molar-refractivity contribution in [3.63, 3.8) is 0 Å². The molecule has 1 N–H and O–H groups in total. The van der Waals surface area contributed by atoms with Gasteiger partial charge in [-0.1, -0.05) is 0 Å². The lowest BCUT2D eigenvalue weighted by atomic mass is 10.6. The van der Waals surface area contributed by atoms with Gasteiger partial charge in [0.05, 0.1) is 6.61 Å². The Hall–Kier alpha value is -0.0800. The summed E-state index contributed by atoms with van der Waals surface area (Å²) in [5.74, 6) is 0. The summed E-state index contributed by atoms with van der Waals surface area (Å²) in [6.45, 7) is 8.91. The average Bonchev–Trinajstić information content (AvgIpc) is 1.81. The summed E-state index contributed by atoms with van der Waals surface area (Å²) in [6, 6.07) is 0. The molecule has 0 amide bonds. The maximum atomic E-state index is 5.05. The van der Waals surface area contributed by atoms with Crippen LogP contribution in [0.4, 0.5) is 0 Å². The minimum atomic E-state index is 0.785. The van der Waals surface area contributed by atoms with Gasteiger partial charge in [-0.2, -0.15) is 0 Å². The van der Waals surface area contributed by atoms with Gasteiger partial charge >= 0.3 is 0 Å². The van der Waals surface area contributed by atoms with Crippen molar-refractivity contribution in [2.24, 2.45) is 0 Å². The van der Waals surface area contributed by atoms with Crippen LogP contribution in [0.2, 0.25) is 0 Å². The Bertz CT molecular complexity index is 33.5. The molecule has 0 aromatic heterocycles. The van der Waals surface area contributed by atoms with Gasteiger partial charge in [0, 0.05) is 13.2 Å². The van der Waals surface area contributed by atoms with E-state index in [0.29, 0.717) is 0 Å². The number of hydrogen-bond donors (Lipinski definition) is 1. The van der Waals surface area contributed by atoms with E-state index in [4.69, 9.17) is 4.74 Å². The van der Waals surface area contributed by atoms with E-state index >= 15 is 0 Å². The van der Waals surface area contributed by atoms with Crippen LogP contribution >= 0.6 is 0 Å². The Balaban J connectivity index is 2.53. The van der Waals surface area contributed by atoms with E-state index in [-0.39, 0.29) is 0 Å². The fraction of sp³-hybridized carbons (Fsp3) is 0.833. The molecule has 0 bridgehead atoms. The van der Waals surface area contributed by atoms with E-state index in [1.54, 1.807) is 0 Å². The highest BCUT2D eigenvalue weighted by molar-refractivity contribution is 4.44. The topological polar surface area (TPSA) is 21.3 Å². The summed E-state index contributed by atoms with van der Waals surface area (Å²) in [7, 11) is 0. The van der Waals surface area contributed by atoms with Crippen LogP contribution in [0, 0.1) is 6.92 Å². The highest BCUT2D eigenvalue weighted by Crippen LogP contribution is 1.68. The van der Waals surface area contributed by atoms with Crippen LogP contribution in [-0.2, 0) is 4.74 Å². The van der Waals surface area contributed by atoms with Crippen LogP contribution in [0.1, 0.15) is 6.92 Å². The first-order valence-corrected chi connectivity index (χ1v) is 2.99. The lowest BCUT2D eigenvalue weighted by Gasteiger charge is -1.99. The van der Waals surface area contributed by atoms with Crippen LogP contribution < -0.4 is 5.32 Å². The highest BCUT2D eigenvalue weighted by Gasteiger charge is 1.80. The standard InChI is InChI=1S/C6H14NO/c1-3-7-5-6-8-4-2/h7H,1,3-6H2,2H3. The molecule has 1 radical (unpaired) electrons. The van der Waals surface area contributed by atoms with Crippen molar-refractivity contribution in [1.82, 2.24) is 5.32 Å². The Morgan fingerprint density at radius 3 is 2.88 bits per heavy atom. The lowest BCUT2D eigenvalue weighted by Crippen LogP contribution is -2.18. The molecule has 0 aliphatic carbocycles. The molecule has 0 unspecified atom stereocenters. The molecule has 0 saturated carbocycles. The molecule has 2 heteroatoms. The molecule has 0 fully saturated rings. The van der Waals surface area contributed by atoms with E-state index in [1.165, 1.54) is 0 Å². The molecule has 0 aliphatic rings. The molecule has 0 saturated heterocycles. The first-order valence-electron chi connectivity index (χ1n) is 2.99. The molecule has 0 aliphatic heterocycles. The van der Waals surface area contributed by atoms with Crippen LogP contribution in [0.25, 0.3) is 0 Å². The maximum absolute atomic E-state index is 5.05. The van der Waals surface area contributed by atoms with Crippen LogP contribution in [0.15, 0.2) is 0 Å². The monoisotopic (exact) mass is 116 g/mol. The summed E-state index contributed by atoms with van der Waals surface area (Å²) in [6.07, 6.45) is 0. The van der Waals surface area contributed by atoms with Gasteiger partial charge in [-0.25, -0.2) is 0 Å². The smallest absolute Gasteiger partial charge is 0.0590 e. The summed E-state index contributed by atoms with van der Waals surface area (Å²) >= 11 is 0. The maximum Gasteiger partial charge on any atom is 0.0590 e. The number of rotatable bonds is 5. The minimum Gasteiger partial charge on any atom is -0.380 e. The van der Waals surface area contributed by atoms with Gasteiger partial charge in [0.25, 0.3) is 0 Å². The Kier molecular flexibility index (Phi) is 6.85. The molecule has 0 atom stereocenters. The van der Waals surface area contributed by atoms with E-state index < -0.39 is 0 Å². The predicted molar refractivity (Wildman–Crippen MR) is 34.7 cm³/mol. The van der Waals surface area contributed by atoms with Crippen molar-refractivity contribution in [3.05, 3.63) is 6.92 Å². The third-order valence-corrected chi connectivity index (χ3v) is 0.804. The summed E-state index contributed by atoms with van der Waals surface area (Å²) in [4.78, 5) is 0. The normalized spacial score (nSPS) is 9.75. The molecule has 8 heavy (non-hydrogen) atoms. The molecular formula is C6H14NO. The van der Waals surface area contributed by atoms with Gasteiger partial charge in [-0.15, -0.1) is 0 Å². The summed E-state index contributed by atoms with van der Waals surface area (Å²) < 4.78 is 5.05. The largest absolute Gasteiger partial charge is 0.380 e. The molecule has 49 valence electrons. The van der Waals surface area contributed by atoms with Crippen molar-refractivity contribution in [1.29, 1.82) is 0 Å². The first kappa shape index (κ1) is 7.92. The SMILES string of the molecule is [CH2]CNCCOCC. The average molecular weight is 116 g/mol. The quantitative estimate of drug-likeness (QED) is 0.526. The zero-order valence-corrected chi connectivity index (χ0v) is 5.44. The van der Waals surface area contributed by atoms with Gasteiger partial charge in [-0.3, -0.25) is 0 Å². The Morgan fingerprint density at radius 2 is 2.38 bits per heavy atom. The molecule has 0 rings (SSSR count). The molecule has 0 aromatic carbocycles. The van der Waals surface area contributed by atoms with E-state index in [9.17, 15) is 0 Å². The summed E-state index contributed by atoms with van der Waals surface area (Å²) in [5, 5.41) is 3.05. The second-order valence-electron chi connectivity index (χ2n) is 1.45. The van der Waals surface area contributed by atoms with Gasteiger partial charge in [-0.05, 0) is 20.4 Å². The fourth-order valence-corrected chi connectivity index (χ4v) is 0.414. The van der Waals surface area contributed by atoms with E-state index in [2.05, 4.69) is 12.2 Å². The Labute approximate surface area is 51.2 Å². The molecule has 0 spiro atoms. The zero-order chi connectivity index (χ0) is 6.24. The van der Waals surface area contributed by atoms with Gasteiger partial charge < -0.3 is 10.1 Å². The highest BCUT2D eigenvalue weighted by atomic mass is 16.5. The molecular weight excluding hydrogens is 102 g/mol. The molecule has 0 aromatic rings. The lowest BCUT2D eigenvalue weighted by molar-refractivity contribution is 0.150. The number of ether oxygens (including phenoxy) is 1. The second kappa shape index (κ2) is 6.92. The van der Waals surface area contributed by atoms with E-state index in [1.807, 2.05) is 6.92 Å². The Morgan fingerprint density at radius 1 is 1.62 bits per heavy atom. The number of hydrogen-bond acceptors (Lipinski definition) is 2. The molecule has 2 nitrogen and oxygen atoms in total. The minimum absolute atomic E-state index is 0.785. The number of nitrogens with one attached hydrogen (secondary N) is 1. The van der Waals surface area contributed by atoms with Gasteiger partial charge in [0.2, 0.25) is 0 Å². The zero-order valence-electron chi connectivity index (χ0n) is 5.44. The third kappa shape index (κ3) is 5.92. The fourth-order valence-electron chi connectivity index (χ4n) is 0.414. The van der Waals surface area contributed by atoms with Crippen LogP contribution in [0.3, 0.4) is 0 Å². The van der Waals surface area contributed by atoms with Crippen molar-refractivity contribution >= 4 is 0 Å². The van der Waals surface area contributed by atoms with Crippen molar-refractivity contribution in [3.8, 4) is 0 Å². The van der Waals surface area contributed by atoms with Crippen molar-refractivity contribution < 1.29 is 4.74 Å². The second-order valence-corrected chi connectivity index (χ2v) is 1.45. The van der Waals surface area contributed by atoms with E-state index in [0.717, 1.165) is 26.3 Å². The van der Waals surface area contributed by atoms with Gasteiger partial charge in [0.1, 0.15) is 0 Å². The van der Waals surface area contributed by atoms with Gasteiger partial charge in [0.15, 0.2) is 0 Å². The third-order valence-electron chi connectivity index (χ3n) is 0.804. The van der Waals surface area contributed by atoms with Crippen molar-refractivity contribution in [2.45, 2.75) is 6.92 Å². The predicted octanol–water partition coefficient (Wildman–Crippen LogP) is 0.447. The first-order chi connectivity index (χ1) is 3.91. The molecule has 0 heterocycles.